The molecule has 0 aliphatic rings. The maximum Gasteiger partial charge on any atom is 0.190 e. The van der Waals surface area contributed by atoms with Crippen LogP contribution in [0.25, 0.3) is 5.69 Å². The summed E-state index contributed by atoms with van der Waals surface area (Å²) in [5.74, 6) is 2.18. The van der Waals surface area contributed by atoms with Crippen LogP contribution in [0.1, 0.15) is 30.4 Å². The van der Waals surface area contributed by atoms with Crippen LogP contribution in [-0.4, -0.2) is 43.0 Å². The van der Waals surface area contributed by atoms with Gasteiger partial charge in [0.15, 0.2) is 5.96 Å². The van der Waals surface area contributed by atoms with Crippen LogP contribution in [0, 0.1) is 0 Å². The normalized spacial score (nSPS) is 12.0. The van der Waals surface area contributed by atoms with Gasteiger partial charge in [0.2, 0.25) is 0 Å². The van der Waals surface area contributed by atoms with Gasteiger partial charge in [-0.05, 0) is 54.2 Å². The molecule has 0 saturated heterocycles. The minimum atomic E-state index is 0. The first-order valence-electron chi connectivity index (χ1n) is 10.4. The molecule has 6 nitrogen and oxygen atoms in total. The Bertz CT molecular complexity index is 925. The molecule has 0 radical (unpaired) electrons. The lowest BCUT2D eigenvalue weighted by Gasteiger charge is -2.15. The molecule has 0 fully saturated rings. The van der Waals surface area contributed by atoms with Crippen molar-refractivity contribution in [2.24, 2.45) is 4.99 Å². The molecule has 0 bridgehead atoms. The van der Waals surface area contributed by atoms with Gasteiger partial charge in [-0.1, -0.05) is 37.3 Å². The van der Waals surface area contributed by atoms with E-state index in [1.807, 2.05) is 53.3 Å². The van der Waals surface area contributed by atoms with Crippen LogP contribution in [0.3, 0.4) is 0 Å². The largest absolute Gasteiger partial charge is 0.497 e. The van der Waals surface area contributed by atoms with Gasteiger partial charge in [0.25, 0.3) is 0 Å². The number of para-hydroxylation sites is 1. The molecular formula is C24H32IN5O. The lowest BCUT2D eigenvalue weighted by molar-refractivity contribution is 0.414. The first-order chi connectivity index (χ1) is 14.7. The monoisotopic (exact) mass is 533 g/mol. The number of benzene rings is 2. The van der Waals surface area contributed by atoms with Crippen molar-refractivity contribution in [3.8, 4) is 11.4 Å². The predicted octanol–water partition coefficient (Wildman–Crippen LogP) is 4.40. The average molecular weight is 533 g/mol. The minimum absolute atomic E-state index is 0. The zero-order valence-corrected chi connectivity index (χ0v) is 20.7. The van der Waals surface area contributed by atoms with E-state index >= 15 is 0 Å². The van der Waals surface area contributed by atoms with Gasteiger partial charge >= 0.3 is 0 Å². The molecule has 1 heterocycles. The number of hydrogen-bond acceptors (Lipinski definition) is 3. The topological polar surface area (TPSA) is 63.5 Å². The highest BCUT2D eigenvalue weighted by Crippen LogP contribution is 2.21. The number of halogens is 1. The van der Waals surface area contributed by atoms with Crippen molar-refractivity contribution in [2.45, 2.75) is 25.7 Å². The van der Waals surface area contributed by atoms with E-state index in [4.69, 9.17) is 4.74 Å². The Kier molecular flexibility index (Phi) is 10.4. The summed E-state index contributed by atoms with van der Waals surface area (Å²) in [4.78, 5) is 4.32. The molecule has 3 aromatic rings. The summed E-state index contributed by atoms with van der Waals surface area (Å²) >= 11 is 0. The maximum absolute atomic E-state index is 5.23. The van der Waals surface area contributed by atoms with Crippen LogP contribution in [0.2, 0.25) is 0 Å². The molecule has 166 valence electrons. The first kappa shape index (κ1) is 24.7. The minimum Gasteiger partial charge on any atom is -0.497 e. The van der Waals surface area contributed by atoms with Crippen molar-refractivity contribution < 1.29 is 4.74 Å². The van der Waals surface area contributed by atoms with E-state index in [1.165, 1.54) is 11.1 Å². The molecule has 0 saturated carbocycles. The van der Waals surface area contributed by atoms with Gasteiger partial charge in [0, 0.05) is 26.3 Å². The highest BCUT2D eigenvalue weighted by Gasteiger charge is 2.07. The number of methoxy groups -OCH3 is 1. The Morgan fingerprint density at radius 1 is 1.06 bits per heavy atom. The molecule has 7 heteroatoms. The Balaban J connectivity index is 0.00000341. The maximum atomic E-state index is 5.23. The van der Waals surface area contributed by atoms with Gasteiger partial charge in [0.1, 0.15) is 5.75 Å². The summed E-state index contributed by atoms with van der Waals surface area (Å²) < 4.78 is 7.13. The smallest absolute Gasteiger partial charge is 0.190 e. The second-order valence-corrected chi connectivity index (χ2v) is 7.27. The summed E-state index contributed by atoms with van der Waals surface area (Å²) in [7, 11) is 3.49. The van der Waals surface area contributed by atoms with E-state index < -0.39 is 0 Å². The Morgan fingerprint density at radius 3 is 2.45 bits per heavy atom. The van der Waals surface area contributed by atoms with Crippen LogP contribution in [0.15, 0.2) is 72.0 Å². The van der Waals surface area contributed by atoms with Gasteiger partial charge in [-0.2, -0.15) is 5.10 Å². The molecule has 0 spiro atoms. The fourth-order valence-corrected chi connectivity index (χ4v) is 3.26. The van der Waals surface area contributed by atoms with Crippen LogP contribution < -0.4 is 15.4 Å². The summed E-state index contributed by atoms with van der Waals surface area (Å²) in [6, 6.07) is 18.4. The van der Waals surface area contributed by atoms with E-state index in [0.29, 0.717) is 5.92 Å². The zero-order chi connectivity index (χ0) is 21.2. The third-order valence-electron chi connectivity index (χ3n) is 5.14. The number of rotatable bonds is 9. The van der Waals surface area contributed by atoms with Gasteiger partial charge in [0.05, 0.1) is 19.0 Å². The average Bonchev–Trinajstić information content (AvgIpc) is 3.27. The quantitative estimate of drug-likeness (QED) is 0.243. The Morgan fingerprint density at radius 2 is 1.77 bits per heavy atom. The first-order valence-corrected chi connectivity index (χ1v) is 10.4. The molecule has 0 amide bonds. The summed E-state index contributed by atoms with van der Waals surface area (Å²) in [5, 5.41) is 11.2. The molecule has 2 aromatic carbocycles. The second-order valence-electron chi connectivity index (χ2n) is 7.27. The highest BCUT2D eigenvalue weighted by atomic mass is 127. The number of hydrogen-bond donors (Lipinski definition) is 2. The number of nitrogens with one attached hydrogen (secondary N) is 2. The molecular weight excluding hydrogens is 501 g/mol. The lowest BCUT2D eigenvalue weighted by atomic mass is 9.98. The number of nitrogens with zero attached hydrogens (tertiary/aromatic N) is 3. The van der Waals surface area contributed by atoms with Crippen molar-refractivity contribution in [1.82, 2.24) is 20.4 Å². The molecule has 31 heavy (non-hydrogen) atoms. The van der Waals surface area contributed by atoms with E-state index in [2.05, 4.69) is 46.0 Å². The van der Waals surface area contributed by atoms with E-state index in [9.17, 15) is 0 Å². The van der Waals surface area contributed by atoms with Crippen molar-refractivity contribution in [1.29, 1.82) is 0 Å². The number of guanidine groups is 1. The van der Waals surface area contributed by atoms with E-state index in [1.54, 1.807) is 14.2 Å². The van der Waals surface area contributed by atoms with Crippen LogP contribution in [0.4, 0.5) is 0 Å². The molecule has 1 aromatic heterocycles. The van der Waals surface area contributed by atoms with E-state index in [0.717, 1.165) is 43.3 Å². The van der Waals surface area contributed by atoms with Crippen LogP contribution >= 0.6 is 24.0 Å². The Hall–Kier alpha value is -2.55. The van der Waals surface area contributed by atoms with Crippen LogP contribution in [0.5, 0.6) is 5.75 Å². The fourth-order valence-electron chi connectivity index (χ4n) is 3.26. The van der Waals surface area contributed by atoms with Gasteiger partial charge in [-0.15, -0.1) is 24.0 Å². The molecule has 1 unspecified atom stereocenters. The third-order valence-corrected chi connectivity index (χ3v) is 5.14. The van der Waals surface area contributed by atoms with Gasteiger partial charge < -0.3 is 15.4 Å². The Labute approximate surface area is 202 Å². The summed E-state index contributed by atoms with van der Waals surface area (Å²) in [6.45, 7) is 3.90. The van der Waals surface area contributed by atoms with E-state index in [-0.39, 0.29) is 24.0 Å². The number of aromatic nitrogens is 2. The highest BCUT2D eigenvalue weighted by molar-refractivity contribution is 14.0. The summed E-state index contributed by atoms with van der Waals surface area (Å²) in [6.07, 6.45) is 5.90. The predicted molar refractivity (Wildman–Crippen MR) is 138 cm³/mol. The summed E-state index contributed by atoms with van der Waals surface area (Å²) in [5.41, 5.74) is 3.58. The SMILES string of the molecule is CN=C(NCCc1cnn(-c2ccccc2)c1)NCCC(C)c1ccc(OC)cc1.I. The van der Waals surface area contributed by atoms with Crippen molar-refractivity contribution in [3.63, 3.8) is 0 Å². The van der Waals surface area contributed by atoms with Crippen molar-refractivity contribution in [2.75, 3.05) is 27.2 Å². The zero-order valence-electron chi connectivity index (χ0n) is 18.4. The number of ether oxygens (including phenoxy) is 1. The molecule has 0 aliphatic heterocycles. The third kappa shape index (κ3) is 7.57. The van der Waals surface area contributed by atoms with Crippen LogP contribution in [-0.2, 0) is 6.42 Å². The molecule has 1 atom stereocenters. The second kappa shape index (κ2) is 13.0. The lowest BCUT2D eigenvalue weighted by Crippen LogP contribution is -2.39. The van der Waals surface area contributed by atoms with Gasteiger partial charge in [-0.25, -0.2) is 4.68 Å². The standard InChI is InChI=1S/C24H31N5O.HI/c1-19(21-9-11-23(30-3)12-10-21)13-15-26-24(25-2)27-16-14-20-17-28-29(18-20)22-7-5-4-6-8-22;/h4-12,17-19H,13-16H2,1-3H3,(H2,25,26,27);1H. The van der Waals surface area contributed by atoms with Crippen molar-refractivity contribution in [3.05, 3.63) is 78.1 Å². The fraction of sp³-hybridized carbons (Fsp3) is 0.333. The number of aliphatic imine (C=N–C) groups is 1. The molecule has 0 aliphatic carbocycles. The van der Waals surface area contributed by atoms with Gasteiger partial charge in [-0.3, -0.25) is 4.99 Å². The molecule has 2 N–H and O–H groups in total. The van der Waals surface area contributed by atoms with Crippen molar-refractivity contribution >= 4 is 29.9 Å². The molecule has 3 rings (SSSR count).